The van der Waals surface area contributed by atoms with Crippen molar-refractivity contribution in [2.45, 2.75) is 38.5 Å². The fraction of sp³-hybridized carbons (Fsp3) is 1.00. The highest BCUT2D eigenvalue weighted by Crippen LogP contribution is 2.43. The molecular formula is C10H20N2OS. The van der Waals surface area contributed by atoms with Crippen molar-refractivity contribution in [2.75, 3.05) is 19.6 Å². The summed E-state index contributed by atoms with van der Waals surface area (Å²) in [7, 11) is -0.834. The summed E-state index contributed by atoms with van der Waals surface area (Å²) in [5.74, 6) is 0. The average Bonchev–Trinajstić information content (AvgIpc) is 1.97. The molecule has 1 N–H and O–H groups in total. The Bertz CT molecular complexity index is 268. The molecule has 2 heterocycles. The molecule has 2 aliphatic rings. The van der Waals surface area contributed by atoms with Crippen LogP contribution in [0.2, 0.25) is 0 Å². The van der Waals surface area contributed by atoms with Crippen molar-refractivity contribution < 1.29 is 4.21 Å². The molecule has 0 saturated carbocycles. The van der Waals surface area contributed by atoms with Gasteiger partial charge in [0.25, 0.3) is 0 Å². The first kappa shape index (κ1) is 10.6. The van der Waals surface area contributed by atoms with Gasteiger partial charge >= 0.3 is 0 Å². The van der Waals surface area contributed by atoms with Crippen molar-refractivity contribution in [3.05, 3.63) is 0 Å². The Balaban J connectivity index is 2.00. The maximum Gasteiger partial charge on any atom is 0.1000 e. The lowest BCUT2D eigenvalue weighted by Crippen LogP contribution is -2.76. The van der Waals surface area contributed by atoms with Gasteiger partial charge in [0.15, 0.2) is 0 Å². The molecule has 2 rings (SSSR count). The zero-order chi connectivity index (χ0) is 10.6. The number of nitrogens with zero attached hydrogens (tertiary/aromatic N) is 1. The zero-order valence-corrected chi connectivity index (χ0v) is 10.3. The van der Waals surface area contributed by atoms with Gasteiger partial charge in [0.2, 0.25) is 0 Å². The third-order valence-electron chi connectivity index (χ3n) is 3.48. The Morgan fingerprint density at radius 2 is 2.00 bits per heavy atom. The van der Waals surface area contributed by atoms with Gasteiger partial charge < -0.3 is 5.32 Å². The number of hydrogen-bond acceptors (Lipinski definition) is 2. The third-order valence-corrected chi connectivity index (χ3v) is 5.40. The highest BCUT2D eigenvalue weighted by molar-refractivity contribution is 7.84. The smallest absolute Gasteiger partial charge is 0.1000 e. The molecule has 0 aromatic rings. The summed E-state index contributed by atoms with van der Waals surface area (Å²) >= 11 is 0. The van der Waals surface area contributed by atoms with Crippen molar-refractivity contribution >= 4 is 11.0 Å². The van der Waals surface area contributed by atoms with E-state index in [2.05, 4.69) is 16.5 Å². The lowest BCUT2D eigenvalue weighted by molar-refractivity contribution is -0.0414. The molecule has 2 saturated heterocycles. The van der Waals surface area contributed by atoms with Gasteiger partial charge in [-0.3, -0.25) is 0 Å². The van der Waals surface area contributed by atoms with Gasteiger partial charge in [-0.25, -0.2) is 8.51 Å². The van der Waals surface area contributed by atoms with Crippen LogP contribution in [0.4, 0.5) is 0 Å². The molecular weight excluding hydrogens is 196 g/mol. The SMILES string of the molecule is C[C@@H]1N([S@](=O)C(C)(C)C)CC12CNC2. The van der Waals surface area contributed by atoms with Crippen LogP contribution in [0.15, 0.2) is 0 Å². The van der Waals surface area contributed by atoms with E-state index in [1.54, 1.807) is 0 Å². The Morgan fingerprint density at radius 1 is 1.43 bits per heavy atom. The summed E-state index contributed by atoms with van der Waals surface area (Å²) in [5, 5.41) is 3.31. The first-order valence-corrected chi connectivity index (χ1v) is 6.37. The molecule has 0 bridgehead atoms. The van der Waals surface area contributed by atoms with Crippen LogP contribution in [0, 0.1) is 5.41 Å². The first-order chi connectivity index (χ1) is 6.37. The van der Waals surface area contributed by atoms with Crippen LogP contribution in [0.3, 0.4) is 0 Å². The first-order valence-electron chi connectivity index (χ1n) is 5.26. The van der Waals surface area contributed by atoms with Crippen LogP contribution >= 0.6 is 0 Å². The second-order valence-electron chi connectivity index (χ2n) is 5.58. The highest BCUT2D eigenvalue weighted by atomic mass is 32.2. The van der Waals surface area contributed by atoms with Crippen LogP contribution in [0.25, 0.3) is 0 Å². The van der Waals surface area contributed by atoms with Crippen molar-refractivity contribution in [3.63, 3.8) is 0 Å². The summed E-state index contributed by atoms with van der Waals surface area (Å²) in [6.07, 6.45) is 0. The topological polar surface area (TPSA) is 32.3 Å². The lowest BCUT2D eigenvalue weighted by Gasteiger charge is -2.61. The van der Waals surface area contributed by atoms with Crippen molar-refractivity contribution in [1.29, 1.82) is 0 Å². The fourth-order valence-electron chi connectivity index (χ4n) is 2.18. The molecule has 1 spiro atoms. The van der Waals surface area contributed by atoms with Crippen molar-refractivity contribution in [3.8, 4) is 0 Å². The maximum absolute atomic E-state index is 12.1. The number of nitrogens with one attached hydrogen (secondary N) is 1. The monoisotopic (exact) mass is 216 g/mol. The molecule has 2 fully saturated rings. The van der Waals surface area contributed by atoms with Crippen molar-refractivity contribution in [1.82, 2.24) is 9.62 Å². The summed E-state index contributed by atoms with van der Waals surface area (Å²) in [6, 6.07) is 0.476. The molecule has 0 radical (unpaired) electrons. The van der Waals surface area contributed by atoms with E-state index in [1.165, 1.54) is 0 Å². The summed E-state index contributed by atoms with van der Waals surface area (Å²) in [6.45, 7) is 11.5. The molecule has 3 nitrogen and oxygen atoms in total. The Kier molecular flexibility index (Phi) is 2.29. The second kappa shape index (κ2) is 3.03. The van der Waals surface area contributed by atoms with E-state index in [-0.39, 0.29) is 4.75 Å². The van der Waals surface area contributed by atoms with Gasteiger partial charge in [0, 0.05) is 31.1 Å². The van der Waals surface area contributed by atoms with Gasteiger partial charge in [0.1, 0.15) is 0 Å². The fourth-order valence-corrected chi connectivity index (χ4v) is 3.77. The molecule has 2 atom stereocenters. The summed E-state index contributed by atoms with van der Waals surface area (Å²) in [5.41, 5.74) is 0.445. The average molecular weight is 216 g/mol. The predicted molar refractivity (Wildman–Crippen MR) is 59.4 cm³/mol. The van der Waals surface area contributed by atoms with Gasteiger partial charge in [0.05, 0.1) is 15.7 Å². The van der Waals surface area contributed by atoms with Gasteiger partial charge in [-0.15, -0.1) is 0 Å². The lowest BCUT2D eigenvalue weighted by atomic mass is 9.69. The predicted octanol–water partition coefficient (Wildman–Crippen LogP) is 0.742. The Morgan fingerprint density at radius 3 is 2.29 bits per heavy atom. The van der Waals surface area contributed by atoms with E-state index in [4.69, 9.17) is 0 Å². The van der Waals surface area contributed by atoms with Gasteiger partial charge in [-0.05, 0) is 27.7 Å². The summed E-state index contributed by atoms with van der Waals surface area (Å²) in [4.78, 5) is 0. The molecule has 0 amide bonds. The Hall–Kier alpha value is 0.0700. The van der Waals surface area contributed by atoms with E-state index >= 15 is 0 Å². The number of rotatable bonds is 1. The van der Waals surface area contributed by atoms with Gasteiger partial charge in [-0.1, -0.05) is 0 Å². The molecule has 0 aliphatic carbocycles. The van der Waals surface area contributed by atoms with Crippen LogP contribution in [0.1, 0.15) is 27.7 Å². The molecule has 0 aromatic carbocycles. The van der Waals surface area contributed by atoms with Crippen LogP contribution < -0.4 is 5.32 Å². The van der Waals surface area contributed by atoms with E-state index < -0.39 is 11.0 Å². The normalized spacial score (nSPS) is 33.6. The zero-order valence-electron chi connectivity index (χ0n) is 9.46. The van der Waals surface area contributed by atoms with E-state index in [0.29, 0.717) is 11.5 Å². The third kappa shape index (κ3) is 1.35. The van der Waals surface area contributed by atoms with E-state index in [1.807, 2.05) is 20.8 Å². The summed E-state index contributed by atoms with van der Waals surface area (Å²) < 4.78 is 14.1. The molecule has 0 unspecified atom stereocenters. The quantitative estimate of drug-likeness (QED) is 0.701. The van der Waals surface area contributed by atoms with Crippen LogP contribution in [0.5, 0.6) is 0 Å². The van der Waals surface area contributed by atoms with E-state index in [0.717, 1.165) is 19.6 Å². The standard InChI is InChI=1S/C10H20N2OS/c1-8-10(5-11-6-10)7-12(8)14(13)9(2,3)4/h8,11H,5-7H2,1-4H3/t8-,14+/m0/s1. The molecule has 2 aliphatic heterocycles. The molecule has 82 valence electrons. The second-order valence-corrected chi connectivity index (χ2v) is 7.77. The van der Waals surface area contributed by atoms with Crippen molar-refractivity contribution in [2.24, 2.45) is 5.41 Å². The largest absolute Gasteiger partial charge is 0.315 e. The molecule has 14 heavy (non-hydrogen) atoms. The molecule has 0 aromatic heterocycles. The van der Waals surface area contributed by atoms with Crippen LogP contribution in [-0.2, 0) is 11.0 Å². The number of hydrogen-bond donors (Lipinski definition) is 1. The van der Waals surface area contributed by atoms with E-state index in [9.17, 15) is 4.21 Å². The minimum absolute atomic E-state index is 0.118. The maximum atomic E-state index is 12.1. The minimum Gasteiger partial charge on any atom is -0.315 e. The minimum atomic E-state index is -0.834. The Labute approximate surface area is 88.8 Å². The molecule has 4 heteroatoms. The highest BCUT2D eigenvalue weighted by Gasteiger charge is 2.56. The van der Waals surface area contributed by atoms with Crippen LogP contribution in [-0.4, -0.2) is 38.9 Å². The van der Waals surface area contributed by atoms with Gasteiger partial charge in [-0.2, -0.15) is 0 Å².